The van der Waals surface area contributed by atoms with Gasteiger partial charge in [0.05, 0.1) is 5.92 Å². The van der Waals surface area contributed by atoms with Gasteiger partial charge < -0.3 is 10.0 Å². The van der Waals surface area contributed by atoms with Crippen LogP contribution in [0.1, 0.15) is 23.5 Å². The zero-order valence-electron chi connectivity index (χ0n) is 11.5. The van der Waals surface area contributed by atoms with Crippen LogP contribution < -0.4 is 0 Å². The Balaban J connectivity index is 1.48. The molecule has 2 aliphatic carbocycles. The van der Waals surface area contributed by atoms with Crippen molar-refractivity contribution < 1.29 is 14.7 Å². The summed E-state index contributed by atoms with van der Waals surface area (Å²) in [6.45, 7) is 0.955. The lowest BCUT2D eigenvalue weighted by Gasteiger charge is -2.17. The molecule has 1 heterocycles. The normalized spacial score (nSPS) is 32.7. The summed E-state index contributed by atoms with van der Waals surface area (Å²) in [5.74, 6) is -0.246. The summed E-state index contributed by atoms with van der Waals surface area (Å²) in [4.78, 5) is 25.3. The van der Waals surface area contributed by atoms with Crippen LogP contribution in [0.15, 0.2) is 18.2 Å². The first kappa shape index (κ1) is 13.1. The Hall–Kier alpha value is -1.55. The van der Waals surface area contributed by atoms with E-state index in [1.165, 1.54) is 11.1 Å². The largest absolute Gasteiger partial charge is 0.481 e. The molecule has 1 saturated carbocycles. The fourth-order valence-corrected chi connectivity index (χ4v) is 4.29. The van der Waals surface area contributed by atoms with Gasteiger partial charge in [0.15, 0.2) is 0 Å². The number of hydrogen-bond acceptors (Lipinski definition) is 2. The van der Waals surface area contributed by atoms with Crippen molar-refractivity contribution in [1.29, 1.82) is 0 Å². The van der Waals surface area contributed by atoms with Crippen LogP contribution >= 0.6 is 11.6 Å². The average molecular weight is 306 g/mol. The summed E-state index contributed by atoms with van der Waals surface area (Å²) < 4.78 is 0. The molecule has 5 heteroatoms. The maximum atomic E-state index is 12.6. The summed E-state index contributed by atoms with van der Waals surface area (Å²) in [5, 5.41) is 9.79. The molecule has 2 fully saturated rings. The second-order valence-corrected chi connectivity index (χ2v) is 6.81. The molecule has 0 radical (unpaired) electrons. The minimum Gasteiger partial charge on any atom is -0.481 e. The number of carboxylic acid groups (broad SMARTS) is 1. The zero-order valence-corrected chi connectivity index (χ0v) is 12.2. The third-order valence-electron chi connectivity index (χ3n) is 5.22. The smallest absolute Gasteiger partial charge is 0.308 e. The van der Waals surface area contributed by atoms with E-state index in [4.69, 9.17) is 16.7 Å². The van der Waals surface area contributed by atoms with Crippen LogP contribution in [-0.4, -0.2) is 35.0 Å². The molecule has 1 N–H and O–H groups in total. The third-order valence-corrected chi connectivity index (χ3v) is 5.46. The van der Waals surface area contributed by atoms with Crippen LogP contribution in [0.2, 0.25) is 5.02 Å². The second-order valence-electron chi connectivity index (χ2n) is 6.37. The fraction of sp³-hybridized carbons (Fsp3) is 0.500. The van der Waals surface area contributed by atoms with Crippen molar-refractivity contribution in [2.75, 3.05) is 13.1 Å². The highest BCUT2D eigenvalue weighted by atomic mass is 35.5. The average Bonchev–Trinajstić information content (AvgIpc) is 2.85. The molecule has 4 nitrogen and oxygen atoms in total. The lowest BCUT2D eigenvalue weighted by Crippen LogP contribution is -2.32. The third kappa shape index (κ3) is 1.96. The summed E-state index contributed by atoms with van der Waals surface area (Å²) >= 11 is 6.00. The maximum absolute atomic E-state index is 12.6. The number of amides is 1. The van der Waals surface area contributed by atoms with E-state index >= 15 is 0 Å². The molecule has 1 amide bonds. The Labute approximate surface area is 127 Å². The highest BCUT2D eigenvalue weighted by Gasteiger charge is 2.60. The van der Waals surface area contributed by atoms with Gasteiger partial charge in [-0.05, 0) is 47.9 Å². The summed E-state index contributed by atoms with van der Waals surface area (Å²) in [6.07, 6.45) is 1.50. The second kappa shape index (κ2) is 4.47. The lowest BCUT2D eigenvalue weighted by atomic mass is 10.0. The van der Waals surface area contributed by atoms with Gasteiger partial charge in [0.1, 0.15) is 0 Å². The van der Waals surface area contributed by atoms with Gasteiger partial charge in [0, 0.05) is 24.0 Å². The molecule has 1 aliphatic heterocycles. The van der Waals surface area contributed by atoms with Crippen LogP contribution in [0.4, 0.5) is 0 Å². The Kier molecular flexibility index (Phi) is 2.80. The predicted molar refractivity (Wildman–Crippen MR) is 77.2 cm³/mol. The Morgan fingerprint density at radius 3 is 2.86 bits per heavy atom. The number of rotatable bonds is 2. The lowest BCUT2D eigenvalue weighted by molar-refractivity contribution is -0.141. The van der Waals surface area contributed by atoms with Crippen molar-refractivity contribution in [1.82, 2.24) is 4.90 Å². The number of likely N-dealkylation sites (tertiary alicyclic amines) is 1. The van der Waals surface area contributed by atoms with Gasteiger partial charge in [-0.2, -0.15) is 0 Å². The maximum Gasteiger partial charge on any atom is 0.308 e. The molecule has 1 saturated heterocycles. The molecule has 4 rings (SSSR count). The Morgan fingerprint density at radius 1 is 1.33 bits per heavy atom. The monoisotopic (exact) mass is 305 g/mol. The molecule has 0 spiro atoms. The van der Waals surface area contributed by atoms with E-state index in [0.29, 0.717) is 31.3 Å². The molecule has 3 aliphatic rings. The first-order chi connectivity index (χ1) is 10.1. The highest BCUT2D eigenvalue weighted by Crippen LogP contribution is 2.62. The number of carbonyl (C=O) groups excluding carboxylic acids is 1. The Morgan fingerprint density at radius 2 is 2.14 bits per heavy atom. The van der Waals surface area contributed by atoms with Crippen LogP contribution in [0, 0.1) is 17.8 Å². The quantitative estimate of drug-likeness (QED) is 0.911. The molecule has 4 unspecified atom stereocenters. The molecular weight excluding hydrogens is 290 g/mol. The van der Waals surface area contributed by atoms with Crippen molar-refractivity contribution in [2.45, 2.75) is 18.8 Å². The van der Waals surface area contributed by atoms with E-state index in [1.807, 2.05) is 18.2 Å². The van der Waals surface area contributed by atoms with Crippen molar-refractivity contribution >= 4 is 23.5 Å². The van der Waals surface area contributed by atoms with Crippen molar-refractivity contribution in [3.8, 4) is 0 Å². The number of benzene rings is 1. The number of carbonyl (C=O) groups is 2. The van der Waals surface area contributed by atoms with E-state index < -0.39 is 11.9 Å². The number of aliphatic carboxylic acids is 1. The van der Waals surface area contributed by atoms with E-state index in [0.717, 1.165) is 11.4 Å². The van der Waals surface area contributed by atoms with Gasteiger partial charge in [0.2, 0.25) is 5.91 Å². The minimum absolute atomic E-state index is 0.0613. The predicted octanol–water partition coefficient (Wildman–Crippen LogP) is 2.16. The van der Waals surface area contributed by atoms with Crippen LogP contribution in [0.5, 0.6) is 0 Å². The van der Waals surface area contributed by atoms with E-state index in [9.17, 15) is 9.59 Å². The molecular formula is C16H16ClNO3. The summed E-state index contributed by atoms with van der Waals surface area (Å²) in [7, 11) is 0. The number of halogens is 1. The first-order valence-corrected chi connectivity index (χ1v) is 7.74. The number of hydrogen-bond donors (Lipinski definition) is 1. The Bertz CT molecular complexity index is 644. The molecule has 21 heavy (non-hydrogen) atoms. The van der Waals surface area contributed by atoms with Crippen molar-refractivity contribution in [3.63, 3.8) is 0 Å². The molecule has 4 atom stereocenters. The molecule has 0 aromatic heterocycles. The molecule has 1 aromatic carbocycles. The standard InChI is InChI=1S/C16H16ClNO3/c17-10-1-2-11-9(5-10)6-12-13(11)14(12)15(19)18-4-3-8(7-18)16(20)21/h1-2,5,8,12-14H,3-4,6-7H2,(H,20,21). The fourth-order valence-electron chi connectivity index (χ4n) is 4.09. The summed E-state index contributed by atoms with van der Waals surface area (Å²) in [6, 6.07) is 5.93. The van der Waals surface area contributed by atoms with Gasteiger partial charge in [0.25, 0.3) is 0 Å². The molecule has 0 bridgehead atoms. The zero-order chi connectivity index (χ0) is 14.7. The first-order valence-electron chi connectivity index (χ1n) is 7.36. The highest BCUT2D eigenvalue weighted by molar-refractivity contribution is 6.30. The van der Waals surface area contributed by atoms with Gasteiger partial charge >= 0.3 is 5.97 Å². The summed E-state index contributed by atoms with van der Waals surface area (Å²) in [5.41, 5.74) is 2.53. The number of carboxylic acids is 1. The van der Waals surface area contributed by atoms with Gasteiger partial charge in [-0.15, -0.1) is 0 Å². The van der Waals surface area contributed by atoms with Crippen LogP contribution in [-0.2, 0) is 16.0 Å². The van der Waals surface area contributed by atoms with E-state index in [1.54, 1.807) is 4.90 Å². The van der Waals surface area contributed by atoms with Gasteiger partial charge in [-0.3, -0.25) is 9.59 Å². The molecule has 110 valence electrons. The topological polar surface area (TPSA) is 57.6 Å². The van der Waals surface area contributed by atoms with Crippen LogP contribution in [0.3, 0.4) is 0 Å². The van der Waals surface area contributed by atoms with Gasteiger partial charge in [-0.25, -0.2) is 0 Å². The van der Waals surface area contributed by atoms with Crippen molar-refractivity contribution in [3.05, 3.63) is 34.3 Å². The molecule has 1 aromatic rings. The SMILES string of the molecule is O=C(O)C1CCN(C(=O)C2C3Cc4cc(Cl)ccc4C32)C1. The number of fused-ring (bicyclic) bond motifs is 3. The van der Waals surface area contributed by atoms with Crippen molar-refractivity contribution in [2.24, 2.45) is 17.8 Å². The minimum atomic E-state index is -0.790. The van der Waals surface area contributed by atoms with E-state index in [-0.39, 0.29) is 11.8 Å². The van der Waals surface area contributed by atoms with Crippen LogP contribution in [0.25, 0.3) is 0 Å². The van der Waals surface area contributed by atoms with E-state index in [2.05, 4.69) is 0 Å². The van der Waals surface area contributed by atoms with Gasteiger partial charge in [-0.1, -0.05) is 17.7 Å². The number of nitrogens with zero attached hydrogens (tertiary/aromatic N) is 1.